The van der Waals surface area contributed by atoms with Crippen LogP contribution in [0.1, 0.15) is 24.1 Å². The van der Waals surface area contributed by atoms with E-state index in [9.17, 15) is 0 Å². The summed E-state index contributed by atoms with van der Waals surface area (Å²) in [6.07, 6.45) is 0. The van der Waals surface area contributed by atoms with Gasteiger partial charge < -0.3 is 15.5 Å². The van der Waals surface area contributed by atoms with Crippen LogP contribution in [0.3, 0.4) is 0 Å². The third-order valence-electron chi connectivity index (χ3n) is 3.86. The van der Waals surface area contributed by atoms with Gasteiger partial charge in [0.1, 0.15) is 5.82 Å². The number of pyridine rings is 1. The highest BCUT2D eigenvalue weighted by Crippen LogP contribution is 2.13. The third kappa shape index (κ3) is 6.89. The largest absolute Gasteiger partial charge is 0.363 e. The van der Waals surface area contributed by atoms with Crippen LogP contribution in [0, 0.1) is 0 Å². The lowest BCUT2D eigenvalue weighted by Gasteiger charge is -2.17. The zero-order chi connectivity index (χ0) is 17.4. The first-order valence-corrected chi connectivity index (χ1v) is 8.23. The molecule has 0 amide bonds. The van der Waals surface area contributed by atoms with Gasteiger partial charge in [0.25, 0.3) is 0 Å². The molecule has 1 unspecified atom stereocenters. The highest BCUT2D eigenvalue weighted by atomic mass is 127. The van der Waals surface area contributed by atoms with Crippen molar-refractivity contribution in [1.29, 1.82) is 0 Å². The van der Waals surface area contributed by atoms with Crippen molar-refractivity contribution in [1.82, 2.24) is 15.6 Å². The Morgan fingerprint density at radius 1 is 1.08 bits per heavy atom. The molecule has 1 heterocycles. The molecule has 2 aromatic rings. The molecule has 0 saturated heterocycles. The summed E-state index contributed by atoms with van der Waals surface area (Å²) in [7, 11) is 5.77. The molecule has 0 aliphatic rings. The van der Waals surface area contributed by atoms with Crippen LogP contribution in [0.25, 0.3) is 0 Å². The van der Waals surface area contributed by atoms with E-state index >= 15 is 0 Å². The molecule has 0 bridgehead atoms. The van der Waals surface area contributed by atoms with Crippen molar-refractivity contribution in [2.45, 2.75) is 19.4 Å². The second-order valence-corrected chi connectivity index (χ2v) is 6.00. The highest BCUT2D eigenvalue weighted by molar-refractivity contribution is 14.0. The second-order valence-electron chi connectivity index (χ2n) is 6.00. The van der Waals surface area contributed by atoms with Crippen molar-refractivity contribution in [3.63, 3.8) is 0 Å². The van der Waals surface area contributed by atoms with Crippen LogP contribution in [0.5, 0.6) is 0 Å². The van der Waals surface area contributed by atoms with Gasteiger partial charge in [-0.15, -0.1) is 24.0 Å². The van der Waals surface area contributed by atoms with Gasteiger partial charge in [0.2, 0.25) is 0 Å². The van der Waals surface area contributed by atoms with Gasteiger partial charge in [-0.2, -0.15) is 0 Å². The lowest BCUT2D eigenvalue weighted by atomic mass is 10.0. The van der Waals surface area contributed by atoms with Gasteiger partial charge in [-0.1, -0.05) is 43.3 Å². The van der Waals surface area contributed by atoms with Crippen LogP contribution in [0.15, 0.2) is 53.5 Å². The van der Waals surface area contributed by atoms with Crippen molar-refractivity contribution in [2.24, 2.45) is 4.99 Å². The maximum Gasteiger partial charge on any atom is 0.191 e. The minimum atomic E-state index is 0. The third-order valence-corrected chi connectivity index (χ3v) is 3.86. The first-order valence-electron chi connectivity index (χ1n) is 8.23. The SMILES string of the molecule is CN=C(NCc1cccc(N(C)C)n1)NCC(C)c1ccccc1.I. The fraction of sp³-hybridized carbons (Fsp3) is 0.368. The minimum absolute atomic E-state index is 0. The number of benzene rings is 1. The lowest BCUT2D eigenvalue weighted by molar-refractivity contribution is 0.697. The van der Waals surface area contributed by atoms with Gasteiger partial charge >= 0.3 is 0 Å². The predicted octanol–water partition coefficient (Wildman–Crippen LogP) is 3.23. The van der Waals surface area contributed by atoms with E-state index in [1.54, 1.807) is 7.05 Å². The van der Waals surface area contributed by atoms with Gasteiger partial charge in [-0.25, -0.2) is 4.98 Å². The molecule has 6 heteroatoms. The normalized spacial score (nSPS) is 12.1. The van der Waals surface area contributed by atoms with E-state index in [1.807, 2.05) is 43.3 Å². The topological polar surface area (TPSA) is 52.6 Å². The molecule has 1 aromatic heterocycles. The molecule has 0 aliphatic heterocycles. The standard InChI is InChI=1S/C19H27N5.HI/c1-15(16-9-6-5-7-10-16)13-21-19(20-2)22-14-17-11-8-12-18(23-17)24(3)4;/h5-12,15H,13-14H2,1-4H3,(H2,20,21,22);1H. The van der Waals surface area contributed by atoms with Gasteiger partial charge in [0.15, 0.2) is 5.96 Å². The number of rotatable bonds is 6. The Kier molecular flexibility index (Phi) is 9.26. The average molecular weight is 453 g/mol. The van der Waals surface area contributed by atoms with Gasteiger partial charge in [0, 0.05) is 27.7 Å². The van der Waals surface area contributed by atoms with Crippen LogP contribution in [0.2, 0.25) is 0 Å². The Hall–Kier alpha value is -1.83. The molecule has 5 nitrogen and oxygen atoms in total. The summed E-state index contributed by atoms with van der Waals surface area (Å²) >= 11 is 0. The molecule has 2 N–H and O–H groups in total. The molecular formula is C19H28IN5. The Balaban J connectivity index is 0.00000312. The number of aliphatic imine (C=N–C) groups is 1. The monoisotopic (exact) mass is 453 g/mol. The molecule has 1 atom stereocenters. The molecule has 0 fully saturated rings. The Bertz CT molecular complexity index is 658. The van der Waals surface area contributed by atoms with E-state index in [1.165, 1.54) is 5.56 Å². The maximum absolute atomic E-state index is 4.60. The smallest absolute Gasteiger partial charge is 0.191 e. The number of guanidine groups is 1. The molecular weight excluding hydrogens is 425 g/mol. The number of halogens is 1. The number of hydrogen-bond donors (Lipinski definition) is 2. The zero-order valence-electron chi connectivity index (χ0n) is 15.4. The van der Waals surface area contributed by atoms with E-state index < -0.39 is 0 Å². The summed E-state index contributed by atoms with van der Waals surface area (Å²) in [5.41, 5.74) is 2.31. The van der Waals surface area contributed by atoms with E-state index in [0.29, 0.717) is 12.5 Å². The molecule has 25 heavy (non-hydrogen) atoms. The summed E-state index contributed by atoms with van der Waals surface area (Å²) in [4.78, 5) is 10.9. The van der Waals surface area contributed by atoms with E-state index in [2.05, 4.69) is 51.8 Å². The molecule has 136 valence electrons. The molecule has 2 rings (SSSR count). The van der Waals surface area contributed by atoms with Crippen LogP contribution in [-0.2, 0) is 6.54 Å². The predicted molar refractivity (Wildman–Crippen MR) is 117 cm³/mol. The first-order chi connectivity index (χ1) is 11.6. The Labute approximate surface area is 168 Å². The maximum atomic E-state index is 4.60. The molecule has 0 spiro atoms. The summed E-state index contributed by atoms with van der Waals surface area (Å²) < 4.78 is 0. The summed E-state index contributed by atoms with van der Waals surface area (Å²) in [6.45, 7) is 3.67. The second kappa shape index (κ2) is 10.9. The number of anilines is 1. The average Bonchev–Trinajstić information content (AvgIpc) is 2.62. The van der Waals surface area contributed by atoms with Crippen molar-refractivity contribution in [2.75, 3.05) is 32.6 Å². The molecule has 0 aliphatic carbocycles. The Morgan fingerprint density at radius 2 is 1.80 bits per heavy atom. The van der Waals surface area contributed by atoms with Crippen LogP contribution in [0.4, 0.5) is 5.82 Å². The first kappa shape index (κ1) is 21.2. The lowest BCUT2D eigenvalue weighted by Crippen LogP contribution is -2.38. The summed E-state index contributed by atoms with van der Waals surface area (Å²) in [6, 6.07) is 16.5. The van der Waals surface area contributed by atoms with Gasteiger partial charge in [-0.05, 0) is 23.6 Å². The highest BCUT2D eigenvalue weighted by Gasteiger charge is 2.06. The summed E-state index contributed by atoms with van der Waals surface area (Å²) in [5.74, 6) is 2.16. The molecule has 1 aromatic carbocycles. The zero-order valence-corrected chi connectivity index (χ0v) is 17.7. The molecule has 0 saturated carbocycles. The van der Waals surface area contributed by atoms with Crippen molar-refractivity contribution in [3.8, 4) is 0 Å². The van der Waals surface area contributed by atoms with Crippen LogP contribution < -0.4 is 15.5 Å². The number of nitrogens with one attached hydrogen (secondary N) is 2. The summed E-state index contributed by atoms with van der Waals surface area (Å²) in [5, 5.41) is 6.69. The number of nitrogens with zero attached hydrogens (tertiary/aromatic N) is 3. The van der Waals surface area contributed by atoms with E-state index in [4.69, 9.17) is 0 Å². The minimum Gasteiger partial charge on any atom is -0.363 e. The van der Waals surface area contributed by atoms with E-state index in [-0.39, 0.29) is 24.0 Å². The quantitative estimate of drug-likeness (QED) is 0.401. The van der Waals surface area contributed by atoms with Crippen molar-refractivity contribution in [3.05, 3.63) is 59.8 Å². The van der Waals surface area contributed by atoms with Crippen LogP contribution >= 0.6 is 24.0 Å². The van der Waals surface area contributed by atoms with Crippen molar-refractivity contribution >= 4 is 35.8 Å². The van der Waals surface area contributed by atoms with Gasteiger partial charge in [0.05, 0.1) is 12.2 Å². The van der Waals surface area contributed by atoms with Crippen molar-refractivity contribution < 1.29 is 0 Å². The van der Waals surface area contributed by atoms with Crippen LogP contribution in [-0.4, -0.2) is 38.6 Å². The van der Waals surface area contributed by atoms with Gasteiger partial charge in [-0.3, -0.25) is 4.99 Å². The number of hydrogen-bond acceptors (Lipinski definition) is 3. The Morgan fingerprint density at radius 3 is 2.44 bits per heavy atom. The fourth-order valence-corrected chi connectivity index (χ4v) is 2.36. The fourth-order valence-electron chi connectivity index (χ4n) is 2.36. The van der Waals surface area contributed by atoms with E-state index in [0.717, 1.165) is 24.0 Å². The number of aromatic nitrogens is 1. The molecule has 0 radical (unpaired) electrons.